The van der Waals surface area contributed by atoms with Crippen LogP contribution in [0.15, 0.2) is 53.8 Å². The van der Waals surface area contributed by atoms with Gasteiger partial charge in [-0.3, -0.25) is 4.98 Å². The number of nitrogens with zero attached hydrogens (tertiary/aromatic N) is 2. The second-order valence-electron chi connectivity index (χ2n) is 5.71. The van der Waals surface area contributed by atoms with E-state index in [1.807, 2.05) is 13.0 Å². The summed E-state index contributed by atoms with van der Waals surface area (Å²) in [6, 6.07) is 9.99. The molecule has 0 aliphatic carbocycles. The highest BCUT2D eigenvalue weighted by atomic mass is 19.4. The number of hydrogen-bond acceptors (Lipinski definition) is 4. The number of alkyl halides is 3. The molecule has 1 heterocycles. The highest BCUT2D eigenvalue weighted by molar-refractivity contribution is 5.79. The van der Waals surface area contributed by atoms with Crippen LogP contribution in [0, 0.1) is 0 Å². The number of benzene rings is 1. The van der Waals surface area contributed by atoms with Crippen LogP contribution in [0.1, 0.15) is 12.5 Å². The van der Waals surface area contributed by atoms with Crippen LogP contribution < -0.4 is 20.1 Å². The van der Waals surface area contributed by atoms with Crippen LogP contribution in [0.3, 0.4) is 0 Å². The van der Waals surface area contributed by atoms with E-state index in [-0.39, 0.29) is 5.75 Å². The van der Waals surface area contributed by atoms with Gasteiger partial charge in [-0.25, -0.2) is 4.99 Å². The molecule has 0 saturated heterocycles. The van der Waals surface area contributed by atoms with Crippen LogP contribution in [0.2, 0.25) is 0 Å². The molecule has 0 aliphatic heterocycles. The summed E-state index contributed by atoms with van der Waals surface area (Å²) in [5.74, 6) is 1.48. The summed E-state index contributed by atoms with van der Waals surface area (Å²) in [5, 5.41) is 6.27. The van der Waals surface area contributed by atoms with Crippen molar-refractivity contribution < 1.29 is 22.6 Å². The number of hydrogen-bond donors (Lipinski definition) is 2. The quantitative estimate of drug-likeness (QED) is 0.387. The van der Waals surface area contributed by atoms with E-state index >= 15 is 0 Å². The molecule has 6 nitrogen and oxygen atoms in total. The number of ether oxygens (including phenoxy) is 2. The van der Waals surface area contributed by atoms with Gasteiger partial charge in [0.15, 0.2) is 12.6 Å². The Hall–Kier alpha value is -2.97. The molecule has 1 aromatic heterocycles. The number of pyridine rings is 1. The lowest BCUT2D eigenvalue weighted by molar-refractivity contribution is -0.153. The number of aliphatic imine (C=N–C) groups is 1. The SMILES string of the molecule is CCNC(=NCc1ccc(OCC(F)(F)F)cc1)NCCOc1cccnc1. The van der Waals surface area contributed by atoms with Crippen molar-refractivity contribution in [1.82, 2.24) is 15.6 Å². The predicted molar refractivity (Wildman–Crippen MR) is 101 cm³/mol. The van der Waals surface area contributed by atoms with E-state index in [0.717, 1.165) is 5.56 Å². The van der Waals surface area contributed by atoms with Crippen molar-refractivity contribution in [3.63, 3.8) is 0 Å². The summed E-state index contributed by atoms with van der Waals surface area (Å²) < 4.78 is 46.7. The standard InChI is InChI=1S/C19H23F3N4O2/c1-2-24-18(25-10-11-27-17-4-3-9-23-13-17)26-12-15-5-7-16(8-6-15)28-14-19(20,21)22/h3-9,13H,2,10-12,14H2,1H3,(H2,24,25,26). The van der Waals surface area contributed by atoms with Crippen molar-refractivity contribution in [2.24, 2.45) is 4.99 Å². The maximum Gasteiger partial charge on any atom is 0.422 e. The molecular weight excluding hydrogens is 373 g/mol. The minimum atomic E-state index is -4.35. The minimum absolute atomic E-state index is 0.169. The van der Waals surface area contributed by atoms with Gasteiger partial charge in [0.05, 0.1) is 19.3 Å². The highest BCUT2D eigenvalue weighted by Gasteiger charge is 2.28. The van der Waals surface area contributed by atoms with E-state index in [9.17, 15) is 13.2 Å². The normalized spacial score (nSPS) is 11.8. The van der Waals surface area contributed by atoms with E-state index < -0.39 is 12.8 Å². The maximum absolute atomic E-state index is 12.2. The molecule has 0 atom stereocenters. The molecule has 0 aliphatic rings. The Balaban J connectivity index is 1.79. The van der Waals surface area contributed by atoms with Gasteiger partial charge in [0, 0.05) is 12.7 Å². The van der Waals surface area contributed by atoms with Gasteiger partial charge in [0.2, 0.25) is 0 Å². The molecule has 0 spiro atoms. The molecular formula is C19H23F3N4O2. The van der Waals surface area contributed by atoms with Crippen molar-refractivity contribution in [3.05, 3.63) is 54.4 Å². The number of halogens is 3. The molecule has 0 fully saturated rings. The second-order valence-corrected chi connectivity index (χ2v) is 5.71. The highest BCUT2D eigenvalue weighted by Crippen LogP contribution is 2.19. The molecule has 0 amide bonds. The summed E-state index contributed by atoms with van der Waals surface area (Å²) in [7, 11) is 0. The van der Waals surface area contributed by atoms with Crippen LogP contribution in [-0.4, -0.2) is 43.4 Å². The van der Waals surface area contributed by atoms with Gasteiger partial charge in [-0.2, -0.15) is 13.2 Å². The van der Waals surface area contributed by atoms with Crippen molar-refractivity contribution in [1.29, 1.82) is 0 Å². The van der Waals surface area contributed by atoms with E-state index in [1.165, 1.54) is 12.1 Å². The largest absolute Gasteiger partial charge is 0.490 e. The lowest BCUT2D eigenvalue weighted by atomic mass is 10.2. The number of rotatable bonds is 9. The smallest absolute Gasteiger partial charge is 0.422 e. The van der Waals surface area contributed by atoms with Crippen LogP contribution in [-0.2, 0) is 6.54 Å². The number of guanidine groups is 1. The Morgan fingerprint density at radius 3 is 2.50 bits per heavy atom. The average Bonchev–Trinajstić information content (AvgIpc) is 2.68. The van der Waals surface area contributed by atoms with Gasteiger partial charge < -0.3 is 20.1 Å². The number of nitrogens with one attached hydrogen (secondary N) is 2. The Morgan fingerprint density at radius 2 is 1.86 bits per heavy atom. The average molecular weight is 396 g/mol. The molecule has 0 saturated carbocycles. The topological polar surface area (TPSA) is 67.8 Å². The zero-order chi connectivity index (χ0) is 20.2. The fourth-order valence-electron chi connectivity index (χ4n) is 2.14. The zero-order valence-electron chi connectivity index (χ0n) is 15.5. The Labute approximate surface area is 161 Å². The van der Waals surface area contributed by atoms with E-state index in [1.54, 1.807) is 30.6 Å². The molecule has 0 unspecified atom stereocenters. The molecule has 152 valence electrons. The summed E-state index contributed by atoms with van der Waals surface area (Å²) >= 11 is 0. The van der Waals surface area contributed by atoms with Gasteiger partial charge in [0.25, 0.3) is 0 Å². The van der Waals surface area contributed by atoms with Crippen molar-refractivity contribution in [2.45, 2.75) is 19.6 Å². The van der Waals surface area contributed by atoms with Crippen molar-refractivity contribution in [3.8, 4) is 11.5 Å². The molecule has 2 aromatic rings. The molecule has 2 N–H and O–H groups in total. The van der Waals surface area contributed by atoms with E-state index in [0.29, 0.717) is 38.0 Å². The predicted octanol–water partition coefficient (Wildman–Crippen LogP) is 3.16. The molecule has 9 heteroatoms. The van der Waals surface area contributed by atoms with E-state index in [4.69, 9.17) is 4.74 Å². The first-order valence-corrected chi connectivity index (χ1v) is 8.80. The van der Waals surface area contributed by atoms with Crippen molar-refractivity contribution >= 4 is 5.96 Å². The fourth-order valence-corrected chi connectivity index (χ4v) is 2.14. The Bertz CT molecular complexity index is 722. The first kappa shape index (κ1) is 21.3. The van der Waals surface area contributed by atoms with Crippen molar-refractivity contribution in [2.75, 3.05) is 26.3 Å². The summed E-state index contributed by atoms with van der Waals surface area (Å²) in [5.41, 5.74) is 0.850. The Kier molecular flexibility index (Phi) is 8.38. The third-order valence-corrected chi connectivity index (χ3v) is 3.39. The van der Waals surface area contributed by atoms with Gasteiger partial charge in [0.1, 0.15) is 18.1 Å². The first-order valence-electron chi connectivity index (χ1n) is 8.80. The van der Waals surface area contributed by atoms with Crippen LogP contribution in [0.4, 0.5) is 13.2 Å². The van der Waals surface area contributed by atoms with Crippen LogP contribution in [0.5, 0.6) is 11.5 Å². The molecule has 28 heavy (non-hydrogen) atoms. The lowest BCUT2D eigenvalue weighted by Crippen LogP contribution is -2.39. The third kappa shape index (κ3) is 8.61. The summed E-state index contributed by atoms with van der Waals surface area (Å²) in [6.07, 6.45) is -1.03. The van der Waals surface area contributed by atoms with Gasteiger partial charge in [-0.05, 0) is 36.8 Å². The monoisotopic (exact) mass is 396 g/mol. The molecule has 0 bridgehead atoms. The third-order valence-electron chi connectivity index (χ3n) is 3.39. The molecule has 2 rings (SSSR count). The fraction of sp³-hybridized carbons (Fsp3) is 0.368. The maximum atomic E-state index is 12.2. The molecule has 0 radical (unpaired) electrons. The van der Waals surface area contributed by atoms with Crippen LogP contribution >= 0.6 is 0 Å². The van der Waals surface area contributed by atoms with E-state index in [2.05, 4.69) is 25.3 Å². The lowest BCUT2D eigenvalue weighted by Gasteiger charge is -2.12. The van der Waals surface area contributed by atoms with Gasteiger partial charge in [-0.1, -0.05) is 12.1 Å². The zero-order valence-corrected chi connectivity index (χ0v) is 15.5. The summed E-state index contributed by atoms with van der Waals surface area (Å²) in [4.78, 5) is 8.42. The Morgan fingerprint density at radius 1 is 1.07 bits per heavy atom. The van der Waals surface area contributed by atoms with Gasteiger partial charge in [-0.15, -0.1) is 0 Å². The van der Waals surface area contributed by atoms with Gasteiger partial charge >= 0.3 is 6.18 Å². The number of aromatic nitrogens is 1. The minimum Gasteiger partial charge on any atom is -0.490 e. The summed E-state index contributed by atoms with van der Waals surface area (Å²) in [6.45, 7) is 2.71. The molecule has 1 aromatic carbocycles. The van der Waals surface area contributed by atoms with Crippen LogP contribution in [0.25, 0.3) is 0 Å². The first-order chi connectivity index (χ1) is 13.5. The second kappa shape index (κ2) is 11.0.